The lowest BCUT2D eigenvalue weighted by molar-refractivity contribution is 0.104. The largest absolute Gasteiger partial charge is 0.507 e. The maximum absolute atomic E-state index is 13.4. The Morgan fingerprint density at radius 1 is 1.13 bits per heavy atom. The summed E-state index contributed by atoms with van der Waals surface area (Å²) in [4.78, 5) is 12.7. The molecule has 0 spiro atoms. The molecule has 0 saturated carbocycles. The van der Waals surface area contributed by atoms with Crippen molar-refractivity contribution in [3.05, 3.63) is 70.8 Å². The van der Waals surface area contributed by atoms with Gasteiger partial charge in [-0.05, 0) is 36.8 Å². The van der Waals surface area contributed by atoms with Crippen molar-refractivity contribution in [1.82, 2.24) is 15.0 Å². The van der Waals surface area contributed by atoms with Crippen LogP contribution in [0.5, 0.6) is 17.2 Å². The number of allylic oxidation sites excluding steroid dienone is 1. The zero-order valence-corrected chi connectivity index (χ0v) is 17.5. The van der Waals surface area contributed by atoms with Gasteiger partial charge >= 0.3 is 0 Å². The number of ether oxygens (including phenoxy) is 3. The van der Waals surface area contributed by atoms with Gasteiger partial charge in [-0.25, -0.2) is 9.07 Å². The average Bonchev–Trinajstić information content (AvgIpc) is 3.12. The minimum absolute atomic E-state index is 0.0791. The van der Waals surface area contributed by atoms with Gasteiger partial charge in [-0.1, -0.05) is 17.3 Å². The fraction of sp³-hybridized carbons (Fsp3) is 0.227. The molecule has 0 aliphatic carbocycles. The molecule has 162 valence electrons. The number of methoxy groups -OCH3 is 3. The Morgan fingerprint density at radius 2 is 1.81 bits per heavy atom. The molecule has 0 saturated heterocycles. The predicted octanol–water partition coefficient (Wildman–Crippen LogP) is 3.58. The molecule has 0 fully saturated rings. The fourth-order valence-electron chi connectivity index (χ4n) is 3.05. The normalized spacial score (nSPS) is 11.3. The summed E-state index contributed by atoms with van der Waals surface area (Å²) < 4.78 is 30.7. The first-order valence-corrected chi connectivity index (χ1v) is 9.27. The zero-order chi connectivity index (χ0) is 22.5. The van der Waals surface area contributed by atoms with Crippen molar-refractivity contribution in [2.45, 2.75) is 13.5 Å². The maximum atomic E-state index is 13.4. The van der Waals surface area contributed by atoms with Crippen molar-refractivity contribution in [2.75, 3.05) is 21.3 Å². The van der Waals surface area contributed by atoms with Crippen molar-refractivity contribution < 1.29 is 28.5 Å². The molecular formula is C22H22FN3O5. The van der Waals surface area contributed by atoms with Gasteiger partial charge in [0.15, 0.2) is 17.2 Å². The van der Waals surface area contributed by atoms with Crippen molar-refractivity contribution in [3.63, 3.8) is 0 Å². The van der Waals surface area contributed by atoms with Gasteiger partial charge in [-0.3, -0.25) is 4.79 Å². The standard InChI is InChI=1S/C22H22FN3O5/c1-13-21(24-25-26(13)12-14-6-5-7-16(23)8-14)18(28)11-17(27)15-9-19(29-2)22(31-4)20(10-15)30-3/h5-11,27H,12H2,1-4H3/b17-11-. The van der Waals surface area contributed by atoms with Crippen LogP contribution < -0.4 is 14.2 Å². The highest BCUT2D eigenvalue weighted by Gasteiger charge is 2.19. The van der Waals surface area contributed by atoms with Crippen molar-refractivity contribution in [2.24, 2.45) is 0 Å². The molecule has 0 atom stereocenters. The van der Waals surface area contributed by atoms with E-state index in [9.17, 15) is 14.3 Å². The predicted molar refractivity (Wildman–Crippen MR) is 111 cm³/mol. The van der Waals surface area contributed by atoms with Crippen LogP contribution in [0.1, 0.15) is 27.3 Å². The van der Waals surface area contributed by atoms with Gasteiger partial charge in [0.1, 0.15) is 11.6 Å². The zero-order valence-electron chi connectivity index (χ0n) is 17.5. The number of hydrogen-bond acceptors (Lipinski definition) is 7. The molecule has 2 aromatic carbocycles. The van der Waals surface area contributed by atoms with E-state index in [1.807, 2.05) is 0 Å². The van der Waals surface area contributed by atoms with Crippen LogP contribution in [-0.2, 0) is 6.54 Å². The molecule has 0 radical (unpaired) electrons. The minimum Gasteiger partial charge on any atom is -0.507 e. The van der Waals surface area contributed by atoms with E-state index in [4.69, 9.17) is 14.2 Å². The van der Waals surface area contributed by atoms with Crippen LogP contribution in [0.15, 0.2) is 42.5 Å². The second-order valence-corrected chi connectivity index (χ2v) is 6.62. The Labute approximate surface area is 178 Å². The van der Waals surface area contributed by atoms with Gasteiger partial charge in [0.25, 0.3) is 0 Å². The van der Waals surface area contributed by atoms with Gasteiger partial charge in [-0.2, -0.15) is 0 Å². The summed E-state index contributed by atoms with van der Waals surface area (Å²) in [6, 6.07) is 9.13. The molecule has 3 rings (SSSR count). The molecule has 31 heavy (non-hydrogen) atoms. The smallest absolute Gasteiger partial charge is 0.211 e. The first-order chi connectivity index (χ1) is 14.9. The number of aromatic nitrogens is 3. The molecule has 0 aliphatic rings. The third-order valence-electron chi connectivity index (χ3n) is 4.67. The quantitative estimate of drug-likeness (QED) is 0.333. The Morgan fingerprint density at radius 3 is 2.39 bits per heavy atom. The molecular weight excluding hydrogens is 405 g/mol. The van der Waals surface area contributed by atoms with Gasteiger partial charge < -0.3 is 19.3 Å². The number of aliphatic hydroxyl groups excluding tert-OH is 1. The molecule has 0 amide bonds. The van der Waals surface area contributed by atoms with Crippen LogP contribution in [0.2, 0.25) is 0 Å². The molecule has 0 aliphatic heterocycles. The monoisotopic (exact) mass is 427 g/mol. The Bertz CT molecular complexity index is 1110. The van der Waals surface area contributed by atoms with Crippen LogP contribution in [0.25, 0.3) is 5.76 Å². The fourth-order valence-corrected chi connectivity index (χ4v) is 3.05. The number of carbonyl (C=O) groups is 1. The number of hydrogen-bond donors (Lipinski definition) is 1. The molecule has 0 unspecified atom stereocenters. The Hall–Kier alpha value is -3.88. The number of rotatable bonds is 8. The first kappa shape index (κ1) is 21.8. The van der Waals surface area contributed by atoms with Gasteiger partial charge in [0.2, 0.25) is 11.5 Å². The van der Waals surface area contributed by atoms with E-state index in [0.29, 0.717) is 34.1 Å². The Kier molecular flexibility index (Phi) is 6.54. The highest BCUT2D eigenvalue weighted by Crippen LogP contribution is 2.39. The number of ketones is 1. The minimum atomic E-state index is -0.533. The molecule has 1 N–H and O–H groups in total. The summed E-state index contributed by atoms with van der Waals surface area (Å²) >= 11 is 0. The van der Waals surface area contributed by atoms with Gasteiger partial charge in [-0.15, -0.1) is 5.10 Å². The van der Waals surface area contributed by atoms with Crippen LogP contribution in [0.3, 0.4) is 0 Å². The third kappa shape index (κ3) is 4.66. The summed E-state index contributed by atoms with van der Waals surface area (Å²) in [6.07, 6.45) is 1.05. The number of halogens is 1. The molecule has 1 aromatic heterocycles. The summed E-state index contributed by atoms with van der Waals surface area (Å²) in [5, 5.41) is 18.4. The molecule has 0 bridgehead atoms. The van der Waals surface area contributed by atoms with Crippen LogP contribution in [-0.4, -0.2) is 47.2 Å². The van der Waals surface area contributed by atoms with Crippen LogP contribution >= 0.6 is 0 Å². The van der Waals surface area contributed by atoms with Crippen molar-refractivity contribution in [1.29, 1.82) is 0 Å². The number of benzene rings is 2. The second kappa shape index (κ2) is 9.29. The Balaban J connectivity index is 1.88. The number of aliphatic hydroxyl groups is 1. The lowest BCUT2D eigenvalue weighted by Gasteiger charge is -2.13. The first-order valence-electron chi connectivity index (χ1n) is 9.27. The van der Waals surface area contributed by atoms with Crippen LogP contribution in [0, 0.1) is 12.7 Å². The average molecular weight is 427 g/mol. The lowest BCUT2D eigenvalue weighted by Crippen LogP contribution is -2.06. The molecule has 8 nitrogen and oxygen atoms in total. The van der Waals surface area contributed by atoms with Crippen molar-refractivity contribution >= 4 is 11.5 Å². The highest BCUT2D eigenvalue weighted by atomic mass is 19.1. The summed E-state index contributed by atoms with van der Waals surface area (Å²) in [7, 11) is 4.37. The molecule has 9 heteroatoms. The SMILES string of the molecule is COc1cc(/C(O)=C/C(=O)c2nnn(Cc3cccc(F)c3)c2C)cc(OC)c1OC. The van der Waals surface area contributed by atoms with E-state index < -0.39 is 5.78 Å². The van der Waals surface area contributed by atoms with Crippen molar-refractivity contribution in [3.8, 4) is 17.2 Å². The van der Waals surface area contributed by atoms with E-state index in [1.54, 1.807) is 19.1 Å². The summed E-state index contributed by atoms with van der Waals surface area (Å²) in [5.74, 6) is -0.158. The highest BCUT2D eigenvalue weighted by molar-refractivity contribution is 6.07. The van der Waals surface area contributed by atoms with Gasteiger partial charge in [0.05, 0.1) is 33.6 Å². The second-order valence-electron chi connectivity index (χ2n) is 6.62. The van der Waals surface area contributed by atoms with Crippen LogP contribution in [0.4, 0.5) is 4.39 Å². The van der Waals surface area contributed by atoms with E-state index in [1.165, 1.54) is 50.3 Å². The number of carbonyl (C=O) groups excluding carboxylic acids is 1. The van der Waals surface area contributed by atoms with E-state index >= 15 is 0 Å². The lowest BCUT2D eigenvalue weighted by atomic mass is 10.1. The molecule has 3 aromatic rings. The van der Waals surface area contributed by atoms with E-state index in [-0.39, 0.29) is 23.8 Å². The summed E-state index contributed by atoms with van der Waals surface area (Å²) in [6.45, 7) is 1.93. The summed E-state index contributed by atoms with van der Waals surface area (Å²) in [5.41, 5.74) is 1.55. The number of nitrogens with zero attached hydrogens (tertiary/aromatic N) is 3. The third-order valence-corrected chi connectivity index (χ3v) is 4.67. The topological polar surface area (TPSA) is 95.7 Å². The molecule has 1 heterocycles. The van der Waals surface area contributed by atoms with E-state index in [0.717, 1.165) is 6.08 Å². The maximum Gasteiger partial charge on any atom is 0.211 e. The van der Waals surface area contributed by atoms with Gasteiger partial charge in [0, 0.05) is 11.6 Å². The van der Waals surface area contributed by atoms with E-state index in [2.05, 4.69) is 10.3 Å².